The quantitative estimate of drug-likeness (QED) is 0.682. The lowest BCUT2D eigenvalue weighted by Gasteiger charge is -2.07. The van der Waals surface area contributed by atoms with Crippen LogP contribution in [0.1, 0.15) is 27.0 Å². The molecule has 0 spiro atoms. The van der Waals surface area contributed by atoms with Gasteiger partial charge in [0.2, 0.25) is 0 Å². The molecule has 5 nitrogen and oxygen atoms in total. The number of carbonyl (C=O) groups excluding carboxylic acids is 1. The molecule has 0 fully saturated rings. The van der Waals surface area contributed by atoms with Gasteiger partial charge >= 0.3 is 0 Å². The van der Waals surface area contributed by atoms with Gasteiger partial charge in [-0.25, -0.2) is 5.43 Å². The molecule has 0 saturated heterocycles. The van der Waals surface area contributed by atoms with E-state index in [1.54, 1.807) is 24.4 Å². The van der Waals surface area contributed by atoms with Crippen molar-refractivity contribution < 1.29 is 14.3 Å². The summed E-state index contributed by atoms with van der Waals surface area (Å²) in [7, 11) is 3.07. The molecule has 0 saturated carbocycles. The smallest absolute Gasteiger partial charge is 0.271 e. The molecule has 1 amide bonds. The Balaban J connectivity index is 2.11. The average Bonchev–Trinajstić information content (AvgIpc) is 2.56. The predicted octanol–water partition coefficient (Wildman–Crippen LogP) is 3.08. The minimum absolute atomic E-state index is 0.330. The Morgan fingerprint density at radius 2 is 1.70 bits per heavy atom. The first-order chi connectivity index (χ1) is 11.0. The summed E-state index contributed by atoms with van der Waals surface area (Å²) >= 11 is 0. The number of hydrazone groups is 1. The van der Waals surface area contributed by atoms with Crippen LogP contribution in [0, 0.1) is 13.8 Å². The first-order valence-electron chi connectivity index (χ1n) is 7.17. The number of benzene rings is 2. The van der Waals surface area contributed by atoms with Gasteiger partial charge in [0.25, 0.3) is 5.91 Å². The van der Waals surface area contributed by atoms with Crippen molar-refractivity contribution in [3.63, 3.8) is 0 Å². The summed E-state index contributed by atoms with van der Waals surface area (Å²) in [6.07, 6.45) is 1.63. The van der Waals surface area contributed by atoms with Crippen LogP contribution in [0.15, 0.2) is 41.5 Å². The third kappa shape index (κ3) is 4.32. The second kappa shape index (κ2) is 7.45. The largest absolute Gasteiger partial charge is 0.497 e. The third-order valence-electron chi connectivity index (χ3n) is 3.41. The van der Waals surface area contributed by atoms with Crippen LogP contribution in [-0.2, 0) is 0 Å². The molecule has 0 aromatic heterocycles. The highest BCUT2D eigenvalue weighted by molar-refractivity contribution is 5.95. The van der Waals surface area contributed by atoms with E-state index < -0.39 is 0 Å². The molecule has 2 rings (SSSR count). The molecule has 0 aliphatic carbocycles. The molecule has 0 unspecified atom stereocenters. The molecule has 23 heavy (non-hydrogen) atoms. The van der Waals surface area contributed by atoms with E-state index in [1.807, 2.05) is 26.0 Å². The van der Waals surface area contributed by atoms with Crippen molar-refractivity contribution >= 4 is 12.1 Å². The van der Waals surface area contributed by atoms with Crippen LogP contribution in [0.3, 0.4) is 0 Å². The zero-order chi connectivity index (χ0) is 16.8. The van der Waals surface area contributed by atoms with Gasteiger partial charge in [0.15, 0.2) is 0 Å². The maximum atomic E-state index is 12.2. The molecular formula is C18H20N2O3. The van der Waals surface area contributed by atoms with Crippen molar-refractivity contribution in [3.05, 3.63) is 58.7 Å². The highest BCUT2D eigenvalue weighted by Crippen LogP contribution is 2.22. The number of hydrogen-bond donors (Lipinski definition) is 1. The summed E-state index contributed by atoms with van der Waals surface area (Å²) in [5.41, 5.74) is 6.17. The topological polar surface area (TPSA) is 59.9 Å². The van der Waals surface area contributed by atoms with E-state index in [0.717, 1.165) is 11.1 Å². The van der Waals surface area contributed by atoms with Gasteiger partial charge < -0.3 is 9.47 Å². The fraction of sp³-hybridized carbons (Fsp3) is 0.222. The number of aryl methyl sites for hydroxylation is 2. The molecule has 0 atom stereocenters. The molecule has 0 heterocycles. The molecule has 2 aromatic rings. The van der Waals surface area contributed by atoms with Gasteiger partial charge in [-0.15, -0.1) is 0 Å². The summed E-state index contributed by atoms with van der Waals surface area (Å²) in [5.74, 6) is 0.768. The van der Waals surface area contributed by atoms with Crippen LogP contribution >= 0.6 is 0 Å². The number of rotatable bonds is 5. The number of methoxy groups -OCH3 is 2. The normalized spacial score (nSPS) is 10.6. The van der Waals surface area contributed by atoms with Crippen molar-refractivity contribution in [2.24, 2.45) is 5.10 Å². The average molecular weight is 312 g/mol. The van der Waals surface area contributed by atoms with Crippen LogP contribution in [-0.4, -0.2) is 26.3 Å². The molecular weight excluding hydrogens is 292 g/mol. The van der Waals surface area contributed by atoms with Crippen molar-refractivity contribution in [2.45, 2.75) is 13.8 Å². The maximum absolute atomic E-state index is 12.2. The number of amides is 1. The van der Waals surface area contributed by atoms with Gasteiger partial charge in [0, 0.05) is 11.6 Å². The fourth-order valence-electron chi connectivity index (χ4n) is 2.13. The highest BCUT2D eigenvalue weighted by Gasteiger charge is 2.09. The SMILES string of the molecule is COc1cc(OC)cc(C(=O)N/N=C\c2ccc(C)cc2C)c1. The Morgan fingerprint density at radius 3 is 2.26 bits per heavy atom. The van der Waals surface area contributed by atoms with E-state index in [4.69, 9.17) is 9.47 Å². The first-order valence-corrected chi connectivity index (χ1v) is 7.17. The van der Waals surface area contributed by atoms with Gasteiger partial charge in [0.1, 0.15) is 11.5 Å². The van der Waals surface area contributed by atoms with E-state index in [9.17, 15) is 4.79 Å². The van der Waals surface area contributed by atoms with E-state index in [1.165, 1.54) is 19.8 Å². The molecule has 0 aliphatic rings. The summed E-state index contributed by atoms with van der Waals surface area (Å²) in [6.45, 7) is 4.04. The zero-order valence-corrected chi connectivity index (χ0v) is 13.7. The standard InChI is InChI=1S/C18H20N2O3/c1-12-5-6-14(13(2)7-12)11-19-20-18(21)15-8-16(22-3)10-17(9-15)23-4/h5-11H,1-4H3,(H,20,21)/b19-11-. The lowest BCUT2D eigenvalue weighted by Crippen LogP contribution is -2.17. The number of nitrogens with one attached hydrogen (secondary N) is 1. The Bertz CT molecular complexity index is 717. The third-order valence-corrected chi connectivity index (χ3v) is 3.41. The van der Waals surface area contributed by atoms with Crippen molar-refractivity contribution in [1.82, 2.24) is 5.43 Å². The molecule has 120 valence electrons. The van der Waals surface area contributed by atoms with Crippen LogP contribution < -0.4 is 14.9 Å². The molecule has 2 aromatic carbocycles. The maximum Gasteiger partial charge on any atom is 0.271 e. The number of carbonyl (C=O) groups is 1. The van der Waals surface area contributed by atoms with Crippen LogP contribution in [0.5, 0.6) is 11.5 Å². The fourth-order valence-corrected chi connectivity index (χ4v) is 2.13. The monoisotopic (exact) mass is 312 g/mol. The lowest BCUT2D eigenvalue weighted by molar-refractivity contribution is 0.0954. The van der Waals surface area contributed by atoms with Gasteiger partial charge in [-0.1, -0.05) is 23.8 Å². The zero-order valence-electron chi connectivity index (χ0n) is 13.7. The molecule has 1 N–H and O–H groups in total. The Labute approximate surface area is 135 Å². The molecule has 0 bridgehead atoms. The molecule has 0 radical (unpaired) electrons. The van der Waals surface area contributed by atoms with Crippen LogP contribution in [0.2, 0.25) is 0 Å². The summed E-state index contributed by atoms with van der Waals surface area (Å²) < 4.78 is 10.3. The van der Waals surface area contributed by atoms with Gasteiger partial charge in [-0.3, -0.25) is 4.79 Å². The van der Waals surface area contributed by atoms with Crippen LogP contribution in [0.4, 0.5) is 0 Å². The number of nitrogens with zero attached hydrogens (tertiary/aromatic N) is 1. The van der Waals surface area contributed by atoms with E-state index in [0.29, 0.717) is 17.1 Å². The Morgan fingerprint density at radius 1 is 1.04 bits per heavy atom. The second-order valence-electron chi connectivity index (χ2n) is 5.16. The van der Waals surface area contributed by atoms with Gasteiger partial charge in [-0.2, -0.15) is 5.10 Å². The van der Waals surface area contributed by atoms with E-state index in [-0.39, 0.29) is 5.91 Å². The lowest BCUT2D eigenvalue weighted by atomic mass is 10.1. The predicted molar refractivity (Wildman–Crippen MR) is 90.5 cm³/mol. The van der Waals surface area contributed by atoms with Gasteiger partial charge in [0.05, 0.1) is 20.4 Å². The first kappa shape index (κ1) is 16.5. The Kier molecular flexibility index (Phi) is 5.36. The van der Waals surface area contributed by atoms with Gasteiger partial charge in [-0.05, 0) is 37.1 Å². The van der Waals surface area contributed by atoms with Crippen LogP contribution in [0.25, 0.3) is 0 Å². The van der Waals surface area contributed by atoms with Crippen molar-refractivity contribution in [1.29, 1.82) is 0 Å². The second-order valence-corrected chi connectivity index (χ2v) is 5.16. The summed E-state index contributed by atoms with van der Waals surface area (Å²) in [4.78, 5) is 12.2. The molecule has 0 aliphatic heterocycles. The molecule has 5 heteroatoms. The summed E-state index contributed by atoms with van der Waals surface area (Å²) in [5, 5.41) is 4.01. The minimum Gasteiger partial charge on any atom is -0.497 e. The number of ether oxygens (including phenoxy) is 2. The highest BCUT2D eigenvalue weighted by atomic mass is 16.5. The summed E-state index contributed by atoms with van der Waals surface area (Å²) in [6, 6.07) is 11.0. The van der Waals surface area contributed by atoms with Crippen molar-refractivity contribution in [2.75, 3.05) is 14.2 Å². The van der Waals surface area contributed by atoms with E-state index >= 15 is 0 Å². The van der Waals surface area contributed by atoms with E-state index in [2.05, 4.69) is 16.6 Å². The Hall–Kier alpha value is -2.82. The number of hydrogen-bond acceptors (Lipinski definition) is 4. The van der Waals surface area contributed by atoms with Crippen molar-refractivity contribution in [3.8, 4) is 11.5 Å². The minimum atomic E-state index is -0.330.